The first-order chi connectivity index (χ1) is 15.0. The average Bonchev–Trinajstić information content (AvgIpc) is 2.71. The highest BCUT2D eigenvalue weighted by atomic mass is 16.4. The largest absolute Gasteiger partial charge is 0.508 e. The Morgan fingerprint density at radius 1 is 1.00 bits per heavy atom. The first-order valence-electron chi connectivity index (χ1n) is 11.1. The molecule has 0 aliphatic rings. The number of aliphatic hydroxyl groups excluding tert-OH is 1. The smallest absolute Gasteiger partial charge is 0.331 e. The normalized spacial score (nSPS) is 13.8. The van der Waals surface area contributed by atoms with Gasteiger partial charge in [0.25, 0.3) is 0 Å². The van der Waals surface area contributed by atoms with Crippen molar-refractivity contribution in [1.29, 1.82) is 0 Å². The van der Waals surface area contributed by atoms with E-state index in [9.17, 15) is 25.2 Å². The predicted octanol–water partition coefficient (Wildman–Crippen LogP) is 6.13. The van der Waals surface area contributed by atoms with Crippen LogP contribution in [0, 0.1) is 6.92 Å². The summed E-state index contributed by atoms with van der Waals surface area (Å²) in [6, 6.07) is 3.14. The predicted molar refractivity (Wildman–Crippen MR) is 130 cm³/mol. The summed E-state index contributed by atoms with van der Waals surface area (Å²) in [5, 5.41) is 39.0. The molecule has 0 saturated heterocycles. The molecule has 0 aromatic heterocycles. The molecule has 0 aliphatic heterocycles. The Balaban J connectivity index is 2.51. The first-order valence-corrected chi connectivity index (χ1v) is 11.1. The van der Waals surface area contributed by atoms with Crippen molar-refractivity contribution in [3.05, 3.63) is 70.4 Å². The van der Waals surface area contributed by atoms with Crippen molar-refractivity contribution in [1.82, 2.24) is 0 Å². The summed E-state index contributed by atoms with van der Waals surface area (Å²) in [6.45, 7) is 11.3. The molecule has 5 nitrogen and oxygen atoms in total. The summed E-state index contributed by atoms with van der Waals surface area (Å²) in [6.07, 6.45) is 9.80. The molecule has 0 spiro atoms. The van der Waals surface area contributed by atoms with Crippen LogP contribution in [0.1, 0.15) is 70.4 Å². The number of aryl methyl sites for hydroxylation is 1. The van der Waals surface area contributed by atoms with Crippen LogP contribution in [-0.2, 0) is 11.2 Å². The van der Waals surface area contributed by atoms with Gasteiger partial charge in [0, 0.05) is 11.1 Å². The van der Waals surface area contributed by atoms with E-state index in [4.69, 9.17) is 0 Å². The van der Waals surface area contributed by atoms with E-state index in [1.807, 2.05) is 6.92 Å². The highest BCUT2D eigenvalue weighted by molar-refractivity contribution is 5.86. The van der Waals surface area contributed by atoms with E-state index >= 15 is 0 Å². The molecule has 0 heterocycles. The van der Waals surface area contributed by atoms with Crippen molar-refractivity contribution in [2.24, 2.45) is 0 Å². The van der Waals surface area contributed by atoms with Crippen LogP contribution < -0.4 is 0 Å². The van der Waals surface area contributed by atoms with Crippen molar-refractivity contribution in [3.63, 3.8) is 0 Å². The molecule has 1 unspecified atom stereocenters. The number of benzene rings is 1. The van der Waals surface area contributed by atoms with Crippen molar-refractivity contribution in [2.45, 2.75) is 78.7 Å². The highest BCUT2D eigenvalue weighted by Gasteiger charge is 2.11. The molecule has 0 radical (unpaired) electrons. The van der Waals surface area contributed by atoms with E-state index in [2.05, 4.69) is 25.7 Å². The average molecular weight is 443 g/mol. The van der Waals surface area contributed by atoms with Gasteiger partial charge in [0.05, 0.1) is 6.10 Å². The summed E-state index contributed by atoms with van der Waals surface area (Å²) >= 11 is 0. The number of phenolic OH excluding ortho intramolecular Hbond substituents is 2. The minimum Gasteiger partial charge on any atom is -0.508 e. The van der Waals surface area contributed by atoms with Gasteiger partial charge in [-0.1, -0.05) is 41.5 Å². The quantitative estimate of drug-likeness (QED) is 0.167. The molecule has 1 atom stereocenters. The second kappa shape index (κ2) is 13.6. The van der Waals surface area contributed by atoms with E-state index in [0.29, 0.717) is 48.0 Å². The van der Waals surface area contributed by atoms with Crippen molar-refractivity contribution < 1.29 is 25.2 Å². The van der Waals surface area contributed by atoms with Gasteiger partial charge >= 0.3 is 5.97 Å². The molecule has 176 valence electrons. The maximum Gasteiger partial charge on any atom is 0.331 e. The van der Waals surface area contributed by atoms with Crippen LogP contribution in [-0.4, -0.2) is 32.5 Å². The molecule has 32 heavy (non-hydrogen) atoms. The lowest BCUT2D eigenvalue weighted by molar-refractivity contribution is -0.132. The lowest BCUT2D eigenvalue weighted by Crippen LogP contribution is -2.10. The van der Waals surface area contributed by atoms with Gasteiger partial charge in [-0.3, -0.25) is 0 Å². The number of phenols is 2. The topological polar surface area (TPSA) is 98.0 Å². The zero-order valence-electron chi connectivity index (χ0n) is 19.8. The number of allylic oxidation sites excluding steroid dienone is 5. The number of carboxylic acid groups (broad SMARTS) is 1. The van der Waals surface area contributed by atoms with Crippen LogP contribution in [0.15, 0.2) is 59.2 Å². The molecule has 0 fully saturated rings. The van der Waals surface area contributed by atoms with Gasteiger partial charge in [-0.15, -0.1) is 0 Å². The van der Waals surface area contributed by atoms with Crippen LogP contribution in [0.4, 0.5) is 0 Å². The van der Waals surface area contributed by atoms with Crippen LogP contribution >= 0.6 is 0 Å². The molecule has 0 amide bonds. The molecular weight excluding hydrogens is 404 g/mol. The fraction of sp³-hybridized carbons (Fsp3) is 0.444. The Kier molecular flexibility index (Phi) is 11.6. The zero-order chi connectivity index (χ0) is 24.3. The maximum atomic E-state index is 11.4. The number of hydrogen-bond acceptors (Lipinski definition) is 4. The molecule has 0 saturated carbocycles. The van der Waals surface area contributed by atoms with Gasteiger partial charge in [-0.25, -0.2) is 4.79 Å². The molecule has 1 rings (SSSR count). The van der Waals surface area contributed by atoms with E-state index in [1.165, 1.54) is 11.1 Å². The third-order valence-corrected chi connectivity index (χ3v) is 5.53. The summed E-state index contributed by atoms with van der Waals surface area (Å²) in [7, 11) is 0. The second-order valence-electron chi connectivity index (χ2n) is 8.59. The second-order valence-corrected chi connectivity index (χ2v) is 8.59. The van der Waals surface area contributed by atoms with E-state index in [0.717, 1.165) is 19.3 Å². The number of hydrogen-bond donors (Lipinski definition) is 4. The maximum absolute atomic E-state index is 11.4. The standard InChI is InChI=1S/C27H38O5/c1-18(2)25(29)15-14-22(27(31)32)11-7-10-19(3)8-6-9-20(4)12-13-23-17-24(28)16-21(5)26(23)30/h8,11-12,16-17,25,28-30H,1,6-7,9-10,13-15H2,2-5H3,(H,31,32). The van der Waals surface area contributed by atoms with E-state index < -0.39 is 12.1 Å². The van der Waals surface area contributed by atoms with Crippen molar-refractivity contribution >= 4 is 5.97 Å². The Morgan fingerprint density at radius 3 is 2.19 bits per heavy atom. The third kappa shape index (κ3) is 10.0. The zero-order valence-corrected chi connectivity index (χ0v) is 19.8. The third-order valence-electron chi connectivity index (χ3n) is 5.53. The van der Waals surface area contributed by atoms with E-state index in [-0.39, 0.29) is 11.5 Å². The minimum absolute atomic E-state index is 0.159. The van der Waals surface area contributed by atoms with Gasteiger partial charge in [0.1, 0.15) is 11.5 Å². The van der Waals surface area contributed by atoms with Gasteiger partial charge in [-0.05, 0) is 90.3 Å². The summed E-state index contributed by atoms with van der Waals surface area (Å²) in [5.41, 5.74) is 4.77. The molecule has 1 aromatic rings. The van der Waals surface area contributed by atoms with Gasteiger partial charge in [-0.2, -0.15) is 0 Å². The summed E-state index contributed by atoms with van der Waals surface area (Å²) < 4.78 is 0. The number of rotatable bonds is 13. The van der Waals surface area contributed by atoms with Crippen LogP contribution in [0.3, 0.4) is 0 Å². The first kappa shape index (κ1) is 27.2. The summed E-state index contributed by atoms with van der Waals surface area (Å²) in [5.74, 6) is -0.549. The van der Waals surface area contributed by atoms with Crippen molar-refractivity contribution in [2.75, 3.05) is 0 Å². The van der Waals surface area contributed by atoms with Gasteiger partial charge in [0.15, 0.2) is 0 Å². The Bertz CT molecular complexity index is 890. The molecule has 0 bridgehead atoms. The summed E-state index contributed by atoms with van der Waals surface area (Å²) in [4.78, 5) is 11.4. The van der Waals surface area contributed by atoms with Gasteiger partial charge in [0.2, 0.25) is 0 Å². The Hall–Kier alpha value is -2.79. The lowest BCUT2D eigenvalue weighted by atomic mass is 10.0. The fourth-order valence-corrected chi connectivity index (χ4v) is 3.33. The minimum atomic E-state index is -0.936. The van der Waals surface area contributed by atoms with Crippen molar-refractivity contribution in [3.8, 4) is 11.5 Å². The fourth-order valence-electron chi connectivity index (χ4n) is 3.33. The van der Waals surface area contributed by atoms with Gasteiger partial charge < -0.3 is 20.4 Å². The van der Waals surface area contributed by atoms with Crippen LogP contribution in [0.2, 0.25) is 0 Å². The molecule has 1 aromatic carbocycles. The highest BCUT2D eigenvalue weighted by Crippen LogP contribution is 2.28. The Morgan fingerprint density at radius 2 is 1.59 bits per heavy atom. The lowest BCUT2D eigenvalue weighted by Gasteiger charge is -2.10. The Labute approximate surface area is 192 Å². The van der Waals surface area contributed by atoms with E-state index in [1.54, 1.807) is 32.1 Å². The molecular formula is C27H38O5. The van der Waals surface area contributed by atoms with Crippen LogP contribution in [0.5, 0.6) is 11.5 Å². The number of aliphatic hydroxyl groups is 1. The van der Waals surface area contributed by atoms with Crippen LogP contribution in [0.25, 0.3) is 0 Å². The number of carbonyl (C=O) groups is 1. The molecule has 0 aliphatic carbocycles. The molecule has 5 heteroatoms. The molecule has 4 N–H and O–H groups in total. The number of aliphatic carboxylic acids is 1. The number of carboxylic acids is 1. The number of aromatic hydroxyl groups is 2. The SMILES string of the molecule is C=C(C)C(O)CCC(=CCCC(C)=CCCC(C)=CCc1cc(O)cc(C)c1O)C(=O)O. The monoisotopic (exact) mass is 442 g/mol.